The summed E-state index contributed by atoms with van der Waals surface area (Å²) in [6.07, 6.45) is 4.16. The van der Waals surface area contributed by atoms with Crippen LogP contribution in [0.2, 0.25) is 0 Å². The van der Waals surface area contributed by atoms with E-state index in [-0.39, 0.29) is 0 Å². The summed E-state index contributed by atoms with van der Waals surface area (Å²) < 4.78 is 5.40. The number of rotatable bonds is 4. The van der Waals surface area contributed by atoms with Crippen molar-refractivity contribution in [2.45, 2.75) is 0 Å². The minimum atomic E-state index is 0.645. The van der Waals surface area contributed by atoms with Gasteiger partial charge in [-0.25, -0.2) is 9.97 Å². The van der Waals surface area contributed by atoms with Crippen molar-refractivity contribution in [1.82, 2.24) is 15.0 Å². The topological polar surface area (TPSA) is 83.1 Å². The smallest absolute Gasteiger partial charge is 0.211 e. The normalized spacial score (nSPS) is 14.8. The fourth-order valence-electron chi connectivity index (χ4n) is 2.90. The van der Waals surface area contributed by atoms with Crippen molar-refractivity contribution < 1.29 is 9.53 Å². The summed E-state index contributed by atoms with van der Waals surface area (Å²) >= 11 is 0. The molecule has 0 saturated carbocycles. The van der Waals surface area contributed by atoms with Crippen LogP contribution in [0.15, 0.2) is 36.7 Å². The molecule has 24 heavy (non-hydrogen) atoms. The Bertz CT molecular complexity index is 870. The Balaban J connectivity index is 1.74. The fourth-order valence-corrected chi connectivity index (χ4v) is 2.90. The lowest BCUT2D eigenvalue weighted by Crippen LogP contribution is -2.36. The average molecular weight is 323 g/mol. The molecule has 0 aliphatic carbocycles. The van der Waals surface area contributed by atoms with Crippen molar-refractivity contribution in [2.24, 2.45) is 0 Å². The number of morpholine rings is 1. The van der Waals surface area contributed by atoms with Gasteiger partial charge in [-0.05, 0) is 18.2 Å². The van der Waals surface area contributed by atoms with Crippen molar-refractivity contribution in [3.63, 3.8) is 0 Å². The Morgan fingerprint density at radius 2 is 2.17 bits per heavy atom. The molecular weight excluding hydrogens is 306 g/mol. The third-order valence-corrected chi connectivity index (χ3v) is 4.10. The Hall–Kier alpha value is -2.93. The molecule has 1 fully saturated rings. The maximum absolute atomic E-state index is 10.6. The molecule has 0 unspecified atom stereocenters. The van der Waals surface area contributed by atoms with Crippen LogP contribution in [0, 0.1) is 0 Å². The largest absolute Gasteiger partial charge is 0.378 e. The molecule has 4 heterocycles. The minimum absolute atomic E-state index is 0.645. The van der Waals surface area contributed by atoms with Gasteiger partial charge in [-0.3, -0.25) is 4.79 Å². The van der Waals surface area contributed by atoms with Crippen LogP contribution in [-0.4, -0.2) is 47.7 Å². The number of nitrogens with one attached hydrogen (secondary N) is 2. The molecule has 3 aromatic heterocycles. The number of H-pyrrole nitrogens is 1. The van der Waals surface area contributed by atoms with E-state index >= 15 is 0 Å². The number of carbonyl (C=O) groups excluding carboxylic acids is 1. The van der Waals surface area contributed by atoms with Gasteiger partial charge in [-0.2, -0.15) is 0 Å². The molecule has 1 aliphatic heterocycles. The van der Waals surface area contributed by atoms with E-state index in [2.05, 4.69) is 20.2 Å². The van der Waals surface area contributed by atoms with E-state index < -0.39 is 0 Å². The molecule has 7 nitrogen and oxygen atoms in total. The Labute approximate surface area is 138 Å². The number of hydrogen-bond donors (Lipinski definition) is 2. The predicted octanol–water partition coefficient (Wildman–Crippen LogP) is 2.03. The summed E-state index contributed by atoms with van der Waals surface area (Å²) in [7, 11) is 0. The summed E-state index contributed by atoms with van der Waals surface area (Å²) in [6.45, 7) is 3.14. The molecule has 0 spiro atoms. The maximum Gasteiger partial charge on any atom is 0.211 e. The standard InChI is InChI=1S/C17H17N5O2/c23-11-20-12-8-13-14(10-19-17(13)18-9-12)15-2-1-3-16(21-15)22-4-6-24-7-5-22/h1-3,8-11H,4-7H2,(H,18,19)(H,20,23). The van der Waals surface area contributed by atoms with Crippen molar-refractivity contribution in [3.05, 3.63) is 36.7 Å². The molecule has 7 heteroatoms. The number of carbonyl (C=O) groups is 1. The molecule has 1 aliphatic rings. The van der Waals surface area contributed by atoms with Gasteiger partial charge in [-0.15, -0.1) is 0 Å². The number of anilines is 2. The van der Waals surface area contributed by atoms with E-state index in [0.717, 1.165) is 54.4 Å². The van der Waals surface area contributed by atoms with Crippen LogP contribution in [0.4, 0.5) is 11.5 Å². The Morgan fingerprint density at radius 3 is 3.00 bits per heavy atom. The molecule has 1 amide bonds. The lowest BCUT2D eigenvalue weighted by atomic mass is 10.1. The van der Waals surface area contributed by atoms with Gasteiger partial charge in [-0.1, -0.05) is 6.07 Å². The second kappa shape index (κ2) is 6.29. The van der Waals surface area contributed by atoms with E-state index in [9.17, 15) is 4.79 Å². The molecule has 4 rings (SSSR count). The molecule has 2 N–H and O–H groups in total. The number of nitrogens with zero attached hydrogens (tertiary/aromatic N) is 3. The molecule has 1 saturated heterocycles. The SMILES string of the molecule is O=CNc1cnc2[nH]cc(-c3cccc(N4CCOCC4)n3)c2c1. The lowest BCUT2D eigenvalue weighted by Gasteiger charge is -2.28. The van der Waals surface area contributed by atoms with Crippen LogP contribution < -0.4 is 10.2 Å². The van der Waals surface area contributed by atoms with Crippen LogP contribution in [-0.2, 0) is 9.53 Å². The first-order chi connectivity index (χ1) is 11.8. The van der Waals surface area contributed by atoms with Crippen LogP contribution in [0.1, 0.15) is 0 Å². The highest BCUT2D eigenvalue weighted by atomic mass is 16.5. The van der Waals surface area contributed by atoms with Crippen molar-refractivity contribution >= 4 is 28.9 Å². The maximum atomic E-state index is 10.6. The Morgan fingerprint density at radius 1 is 1.29 bits per heavy atom. The first-order valence-electron chi connectivity index (χ1n) is 7.82. The summed E-state index contributed by atoms with van der Waals surface area (Å²) in [6, 6.07) is 7.90. The fraction of sp³-hybridized carbons (Fsp3) is 0.235. The number of amides is 1. The van der Waals surface area contributed by atoms with Gasteiger partial charge >= 0.3 is 0 Å². The zero-order valence-corrected chi connectivity index (χ0v) is 13.0. The number of ether oxygens (including phenoxy) is 1. The van der Waals surface area contributed by atoms with Crippen molar-refractivity contribution in [2.75, 3.05) is 36.5 Å². The molecule has 0 bridgehead atoms. The average Bonchev–Trinajstić information content (AvgIpc) is 3.06. The van der Waals surface area contributed by atoms with Gasteiger partial charge in [0.2, 0.25) is 6.41 Å². The second-order valence-electron chi connectivity index (χ2n) is 5.57. The van der Waals surface area contributed by atoms with E-state index in [1.807, 2.05) is 30.5 Å². The van der Waals surface area contributed by atoms with Crippen LogP contribution in [0.25, 0.3) is 22.3 Å². The van der Waals surface area contributed by atoms with Gasteiger partial charge in [0.25, 0.3) is 0 Å². The Kier molecular flexibility index (Phi) is 3.84. The highest BCUT2D eigenvalue weighted by Crippen LogP contribution is 2.29. The molecule has 0 atom stereocenters. The van der Waals surface area contributed by atoms with E-state index in [0.29, 0.717) is 12.1 Å². The van der Waals surface area contributed by atoms with Gasteiger partial charge < -0.3 is 19.9 Å². The summed E-state index contributed by atoms with van der Waals surface area (Å²) in [5.41, 5.74) is 3.25. The van der Waals surface area contributed by atoms with Gasteiger partial charge in [0.05, 0.1) is 30.8 Å². The molecule has 0 aromatic carbocycles. The third-order valence-electron chi connectivity index (χ3n) is 4.10. The van der Waals surface area contributed by atoms with Crippen molar-refractivity contribution in [3.8, 4) is 11.3 Å². The van der Waals surface area contributed by atoms with Crippen LogP contribution in [0.5, 0.6) is 0 Å². The summed E-state index contributed by atoms with van der Waals surface area (Å²) in [4.78, 5) is 25.1. The predicted molar refractivity (Wildman–Crippen MR) is 92.0 cm³/mol. The monoisotopic (exact) mass is 323 g/mol. The van der Waals surface area contributed by atoms with Crippen molar-refractivity contribution in [1.29, 1.82) is 0 Å². The number of pyridine rings is 2. The van der Waals surface area contributed by atoms with Gasteiger partial charge in [0.15, 0.2) is 0 Å². The first kappa shape index (κ1) is 14.6. The summed E-state index contributed by atoms with van der Waals surface area (Å²) in [5.74, 6) is 0.945. The van der Waals surface area contributed by atoms with Crippen LogP contribution >= 0.6 is 0 Å². The van der Waals surface area contributed by atoms with Crippen LogP contribution in [0.3, 0.4) is 0 Å². The second-order valence-corrected chi connectivity index (χ2v) is 5.57. The lowest BCUT2D eigenvalue weighted by molar-refractivity contribution is -0.105. The molecule has 122 valence electrons. The third kappa shape index (κ3) is 2.69. The zero-order valence-electron chi connectivity index (χ0n) is 13.0. The summed E-state index contributed by atoms with van der Waals surface area (Å²) in [5, 5.41) is 3.56. The number of aromatic amines is 1. The zero-order chi connectivity index (χ0) is 16.4. The molecular formula is C17H17N5O2. The number of fused-ring (bicyclic) bond motifs is 1. The quantitative estimate of drug-likeness (QED) is 0.718. The minimum Gasteiger partial charge on any atom is -0.378 e. The highest BCUT2D eigenvalue weighted by Gasteiger charge is 2.14. The molecule has 3 aromatic rings. The number of hydrogen-bond acceptors (Lipinski definition) is 5. The van der Waals surface area contributed by atoms with E-state index in [1.165, 1.54) is 0 Å². The van der Waals surface area contributed by atoms with Gasteiger partial charge in [0.1, 0.15) is 11.5 Å². The molecule has 0 radical (unpaired) electrons. The van der Waals surface area contributed by atoms with E-state index in [1.54, 1.807) is 6.20 Å². The van der Waals surface area contributed by atoms with E-state index in [4.69, 9.17) is 9.72 Å². The highest BCUT2D eigenvalue weighted by molar-refractivity contribution is 5.95. The first-order valence-corrected chi connectivity index (χ1v) is 7.82. The van der Waals surface area contributed by atoms with Gasteiger partial charge in [0, 0.05) is 30.2 Å². The number of aromatic nitrogens is 3.